The van der Waals surface area contributed by atoms with E-state index in [-0.39, 0.29) is 11.5 Å². The first kappa shape index (κ1) is 19.5. The standard InChI is InChI=1S/C20H23NO5/c1-25-12-13-26-18-9-4-16(5-10-18)14-21-19(22)11-6-15-2-7-17(8-3-15)20(23)24/h2-5,7-10H,6,11-14H2,1H3,(H,21,22)(H,23,24). The topological polar surface area (TPSA) is 84.9 Å². The van der Waals surface area contributed by atoms with E-state index in [9.17, 15) is 9.59 Å². The quantitative estimate of drug-likeness (QED) is 0.639. The number of carbonyl (C=O) groups excluding carboxylic acids is 1. The molecule has 0 fully saturated rings. The third kappa shape index (κ3) is 6.57. The summed E-state index contributed by atoms with van der Waals surface area (Å²) in [6, 6.07) is 14.1. The third-order valence-electron chi connectivity index (χ3n) is 3.81. The van der Waals surface area contributed by atoms with E-state index in [1.165, 1.54) is 0 Å². The highest BCUT2D eigenvalue weighted by Crippen LogP contribution is 2.12. The summed E-state index contributed by atoms with van der Waals surface area (Å²) in [4.78, 5) is 22.8. The summed E-state index contributed by atoms with van der Waals surface area (Å²) in [6.07, 6.45) is 0.919. The molecule has 0 unspecified atom stereocenters. The molecule has 0 saturated carbocycles. The van der Waals surface area contributed by atoms with Crippen molar-refractivity contribution in [3.8, 4) is 5.75 Å². The molecular weight excluding hydrogens is 334 g/mol. The predicted molar refractivity (Wildman–Crippen MR) is 97.4 cm³/mol. The number of methoxy groups -OCH3 is 1. The van der Waals surface area contributed by atoms with Crippen LogP contribution in [0.25, 0.3) is 0 Å². The lowest BCUT2D eigenvalue weighted by Gasteiger charge is -2.08. The number of nitrogens with one attached hydrogen (secondary N) is 1. The Morgan fingerprint density at radius 1 is 0.962 bits per heavy atom. The molecule has 6 heteroatoms. The smallest absolute Gasteiger partial charge is 0.335 e. The Hall–Kier alpha value is -2.86. The number of amides is 1. The van der Waals surface area contributed by atoms with Gasteiger partial charge in [-0.1, -0.05) is 24.3 Å². The number of carboxylic acids is 1. The van der Waals surface area contributed by atoms with E-state index in [0.29, 0.717) is 32.6 Å². The second kappa shape index (κ2) is 10.2. The summed E-state index contributed by atoms with van der Waals surface area (Å²) in [6.45, 7) is 1.49. The number of rotatable bonds is 10. The molecule has 0 atom stereocenters. The Balaban J connectivity index is 1.71. The van der Waals surface area contributed by atoms with Crippen molar-refractivity contribution in [3.05, 3.63) is 65.2 Å². The normalized spacial score (nSPS) is 10.3. The van der Waals surface area contributed by atoms with Crippen molar-refractivity contribution in [1.29, 1.82) is 0 Å². The van der Waals surface area contributed by atoms with E-state index in [1.54, 1.807) is 31.4 Å². The average Bonchev–Trinajstić information content (AvgIpc) is 2.66. The molecule has 0 bridgehead atoms. The fraction of sp³-hybridized carbons (Fsp3) is 0.300. The van der Waals surface area contributed by atoms with Gasteiger partial charge in [0.1, 0.15) is 12.4 Å². The maximum absolute atomic E-state index is 12.0. The Labute approximate surface area is 152 Å². The second-order valence-electron chi connectivity index (χ2n) is 5.76. The molecule has 1 amide bonds. The first-order valence-corrected chi connectivity index (χ1v) is 8.38. The zero-order valence-electron chi connectivity index (χ0n) is 14.7. The molecule has 0 aromatic heterocycles. The predicted octanol–water partition coefficient (Wildman–Crippen LogP) is 2.66. The molecular formula is C20H23NO5. The van der Waals surface area contributed by atoms with Gasteiger partial charge in [0.15, 0.2) is 0 Å². The highest BCUT2D eigenvalue weighted by Gasteiger charge is 2.05. The van der Waals surface area contributed by atoms with Gasteiger partial charge in [-0.2, -0.15) is 0 Å². The van der Waals surface area contributed by atoms with Crippen molar-refractivity contribution in [2.75, 3.05) is 20.3 Å². The van der Waals surface area contributed by atoms with Crippen LogP contribution in [0.15, 0.2) is 48.5 Å². The van der Waals surface area contributed by atoms with E-state index in [4.69, 9.17) is 14.6 Å². The van der Waals surface area contributed by atoms with Gasteiger partial charge in [-0.25, -0.2) is 4.79 Å². The van der Waals surface area contributed by atoms with Gasteiger partial charge in [-0.15, -0.1) is 0 Å². The molecule has 0 saturated heterocycles. The first-order chi connectivity index (χ1) is 12.6. The zero-order valence-corrected chi connectivity index (χ0v) is 14.7. The summed E-state index contributed by atoms with van der Waals surface area (Å²) in [7, 11) is 1.63. The highest BCUT2D eigenvalue weighted by atomic mass is 16.5. The first-order valence-electron chi connectivity index (χ1n) is 8.38. The van der Waals surface area contributed by atoms with Gasteiger partial charge >= 0.3 is 5.97 Å². The molecule has 2 N–H and O–H groups in total. The molecule has 0 radical (unpaired) electrons. The number of hydrogen-bond donors (Lipinski definition) is 2. The van der Waals surface area contributed by atoms with Gasteiger partial charge < -0.3 is 19.9 Å². The molecule has 2 aromatic carbocycles. The van der Waals surface area contributed by atoms with E-state index in [0.717, 1.165) is 16.9 Å². The summed E-state index contributed by atoms with van der Waals surface area (Å²) in [5.41, 5.74) is 2.17. The number of carboxylic acid groups (broad SMARTS) is 1. The van der Waals surface area contributed by atoms with Gasteiger partial charge in [-0.3, -0.25) is 4.79 Å². The zero-order chi connectivity index (χ0) is 18.8. The van der Waals surface area contributed by atoms with Gasteiger partial charge in [0.2, 0.25) is 5.91 Å². The van der Waals surface area contributed by atoms with Crippen LogP contribution in [0.4, 0.5) is 0 Å². The number of aryl methyl sites for hydroxylation is 1. The molecule has 2 rings (SSSR count). The minimum absolute atomic E-state index is 0.0484. The van der Waals surface area contributed by atoms with Crippen molar-refractivity contribution in [1.82, 2.24) is 5.32 Å². The van der Waals surface area contributed by atoms with Gasteiger partial charge in [0, 0.05) is 20.1 Å². The number of hydrogen-bond acceptors (Lipinski definition) is 4. The maximum Gasteiger partial charge on any atom is 0.335 e. The van der Waals surface area contributed by atoms with Crippen LogP contribution in [-0.2, 0) is 22.5 Å². The minimum Gasteiger partial charge on any atom is -0.491 e. The van der Waals surface area contributed by atoms with Crippen molar-refractivity contribution in [2.45, 2.75) is 19.4 Å². The molecule has 26 heavy (non-hydrogen) atoms. The van der Waals surface area contributed by atoms with Crippen LogP contribution < -0.4 is 10.1 Å². The lowest BCUT2D eigenvalue weighted by atomic mass is 10.1. The van der Waals surface area contributed by atoms with Crippen LogP contribution in [-0.4, -0.2) is 37.3 Å². The maximum atomic E-state index is 12.0. The van der Waals surface area contributed by atoms with Gasteiger partial charge in [0.05, 0.1) is 12.2 Å². The SMILES string of the molecule is COCCOc1ccc(CNC(=O)CCc2ccc(C(=O)O)cc2)cc1. The Morgan fingerprint density at radius 3 is 2.23 bits per heavy atom. The van der Waals surface area contributed by atoms with E-state index in [1.807, 2.05) is 24.3 Å². The van der Waals surface area contributed by atoms with Gasteiger partial charge in [0.25, 0.3) is 0 Å². The average molecular weight is 357 g/mol. The van der Waals surface area contributed by atoms with Crippen LogP contribution in [0.2, 0.25) is 0 Å². The highest BCUT2D eigenvalue weighted by molar-refractivity contribution is 5.87. The molecule has 2 aromatic rings. The summed E-state index contributed by atoms with van der Waals surface area (Å²) in [5.74, 6) is -0.237. The minimum atomic E-state index is -0.954. The molecule has 0 aliphatic heterocycles. The molecule has 0 aliphatic carbocycles. The molecule has 6 nitrogen and oxygen atoms in total. The Bertz CT molecular complexity index is 710. The van der Waals surface area contributed by atoms with Crippen LogP contribution in [0.3, 0.4) is 0 Å². The van der Waals surface area contributed by atoms with Crippen LogP contribution >= 0.6 is 0 Å². The fourth-order valence-corrected chi connectivity index (χ4v) is 2.31. The number of carbonyl (C=O) groups is 2. The lowest BCUT2D eigenvalue weighted by molar-refractivity contribution is -0.121. The van der Waals surface area contributed by atoms with Crippen LogP contribution in [0.1, 0.15) is 27.9 Å². The van der Waals surface area contributed by atoms with E-state index in [2.05, 4.69) is 5.32 Å². The lowest BCUT2D eigenvalue weighted by Crippen LogP contribution is -2.23. The van der Waals surface area contributed by atoms with Crippen LogP contribution in [0, 0.1) is 0 Å². The second-order valence-corrected chi connectivity index (χ2v) is 5.76. The molecule has 138 valence electrons. The van der Waals surface area contributed by atoms with Crippen molar-refractivity contribution >= 4 is 11.9 Å². The number of benzene rings is 2. The molecule has 0 heterocycles. The molecule has 0 spiro atoms. The Morgan fingerprint density at radius 2 is 1.62 bits per heavy atom. The summed E-state index contributed by atoms with van der Waals surface area (Å²) >= 11 is 0. The fourth-order valence-electron chi connectivity index (χ4n) is 2.31. The van der Waals surface area contributed by atoms with Crippen molar-refractivity contribution in [2.24, 2.45) is 0 Å². The summed E-state index contributed by atoms with van der Waals surface area (Å²) in [5, 5.41) is 11.7. The van der Waals surface area contributed by atoms with Crippen LogP contribution in [0.5, 0.6) is 5.75 Å². The van der Waals surface area contributed by atoms with Crippen molar-refractivity contribution < 1.29 is 24.2 Å². The van der Waals surface area contributed by atoms with Crippen molar-refractivity contribution in [3.63, 3.8) is 0 Å². The third-order valence-corrected chi connectivity index (χ3v) is 3.81. The summed E-state index contributed by atoms with van der Waals surface area (Å²) < 4.78 is 10.4. The van der Waals surface area contributed by atoms with E-state index < -0.39 is 5.97 Å². The number of ether oxygens (including phenoxy) is 2. The largest absolute Gasteiger partial charge is 0.491 e. The van der Waals surface area contributed by atoms with Gasteiger partial charge in [-0.05, 0) is 41.8 Å². The number of aromatic carboxylic acids is 1. The Kier molecular flexibility index (Phi) is 7.64. The van der Waals surface area contributed by atoms with E-state index >= 15 is 0 Å². The molecule has 0 aliphatic rings. The monoisotopic (exact) mass is 357 g/mol.